The molecule has 0 amide bonds. The zero-order valence-electron chi connectivity index (χ0n) is 10.3. The van der Waals surface area contributed by atoms with Gasteiger partial charge < -0.3 is 22.9 Å². The highest BCUT2D eigenvalue weighted by molar-refractivity contribution is 4.52. The minimum atomic E-state index is 0.651. The fraction of sp³-hybridized carbons (Fsp3) is 1.00. The lowest BCUT2D eigenvalue weighted by Gasteiger charge is -2.04. The maximum Gasteiger partial charge on any atom is -0.00515 e. The Bertz CT molecular complexity index is 94.6. The van der Waals surface area contributed by atoms with E-state index in [1.165, 1.54) is 12.8 Å². The Morgan fingerprint density at radius 2 is 1.20 bits per heavy atom. The van der Waals surface area contributed by atoms with E-state index in [1.54, 1.807) is 0 Å². The quantitative estimate of drug-likeness (QED) is 0.442. The number of rotatable bonds is 8. The summed E-state index contributed by atoms with van der Waals surface area (Å²) >= 11 is 0. The Morgan fingerprint density at radius 1 is 0.733 bits per heavy atom. The summed E-state index contributed by atoms with van der Waals surface area (Å²) in [6, 6.07) is 0. The van der Waals surface area contributed by atoms with Gasteiger partial charge in [0.1, 0.15) is 0 Å². The summed E-state index contributed by atoms with van der Waals surface area (Å²) < 4.78 is 0. The van der Waals surface area contributed by atoms with E-state index in [0.29, 0.717) is 5.92 Å². The third-order valence-electron chi connectivity index (χ3n) is 2.21. The normalized spacial score (nSPS) is 11.8. The molecule has 0 spiro atoms. The van der Waals surface area contributed by atoms with Crippen LogP contribution < -0.4 is 22.9 Å². The molecule has 8 N–H and O–H groups in total. The van der Waals surface area contributed by atoms with Crippen LogP contribution in [0.2, 0.25) is 0 Å². The second kappa shape index (κ2) is 16.3. The third-order valence-corrected chi connectivity index (χ3v) is 2.21. The summed E-state index contributed by atoms with van der Waals surface area (Å²) in [5, 5.41) is 0. The topological polar surface area (TPSA) is 104 Å². The van der Waals surface area contributed by atoms with Crippen LogP contribution in [0, 0.1) is 5.92 Å². The van der Waals surface area contributed by atoms with Crippen molar-refractivity contribution in [1.82, 2.24) is 0 Å². The first kappa shape index (κ1) is 17.2. The largest absolute Gasteiger partial charge is 0.330 e. The summed E-state index contributed by atoms with van der Waals surface area (Å²) in [6.07, 6.45) is 5.72. The van der Waals surface area contributed by atoms with Crippen molar-refractivity contribution in [3.05, 3.63) is 0 Å². The van der Waals surface area contributed by atoms with Crippen LogP contribution in [-0.2, 0) is 0 Å². The molecule has 4 nitrogen and oxygen atoms in total. The minimum absolute atomic E-state index is 0.651. The highest BCUT2D eigenvalue weighted by atomic mass is 14.5. The summed E-state index contributed by atoms with van der Waals surface area (Å²) in [7, 11) is 0. The van der Waals surface area contributed by atoms with E-state index in [9.17, 15) is 0 Å². The number of hydrogen-bond donors (Lipinski definition) is 4. The van der Waals surface area contributed by atoms with Crippen molar-refractivity contribution in [3.63, 3.8) is 0 Å². The molecule has 94 valence electrons. The van der Waals surface area contributed by atoms with Gasteiger partial charge in [0.25, 0.3) is 0 Å². The van der Waals surface area contributed by atoms with Crippen molar-refractivity contribution in [2.75, 3.05) is 26.2 Å². The molecular formula is C11H30N4. The van der Waals surface area contributed by atoms with Crippen molar-refractivity contribution in [1.29, 1.82) is 0 Å². The maximum atomic E-state index is 5.37. The first-order chi connectivity index (χ1) is 7.22. The predicted molar refractivity (Wildman–Crippen MR) is 68.5 cm³/mol. The lowest BCUT2D eigenvalue weighted by molar-refractivity contribution is 0.525. The van der Waals surface area contributed by atoms with Crippen LogP contribution in [0.3, 0.4) is 0 Å². The van der Waals surface area contributed by atoms with Crippen molar-refractivity contribution < 1.29 is 0 Å². The molecule has 0 aliphatic carbocycles. The van der Waals surface area contributed by atoms with Gasteiger partial charge in [-0.05, 0) is 57.8 Å². The molecule has 15 heavy (non-hydrogen) atoms. The standard InChI is InChI=1S/C6H16N2.C5H14N2/c1-6(5-8)3-2-4-7;6-4-2-1-3-5-7/h6H,2-5,7-8H2,1H3;1-7H2. The lowest BCUT2D eigenvalue weighted by atomic mass is 10.1. The van der Waals surface area contributed by atoms with Gasteiger partial charge in [0.05, 0.1) is 0 Å². The molecule has 0 saturated carbocycles. The molecule has 0 aromatic rings. The van der Waals surface area contributed by atoms with E-state index in [2.05, 4.69) is 6.92 Å². The molecule has 0 radical (unpaired) electrons. The van der Waals surface area contributed by atoms with Crippen molar-refractivity contribution >= 4 is 0 Å². The van der Waals surface area contributed by atoms with Gasteiger partial charge in [0.2, 0.25) is 0 Å². The van der Waals surface area contributed by atoms with Gasteiger partial charge in [-0.3, -0.25) is 0 Å². The SMILES string of the molecule is CC(CN)CCCN.NCCCCCN. The molecule has 0 bridgehead atoms. The van der Waals surface area contributed by atoms with Gasteiger partial charge in [-0.2, -0.15) is 0 Å². The van der Waals surface area contributed by atoms with Crippen LogP contribution in [-0.4, -0.2) is 26.2 Å². The first-order valence-electron chi connectivity index (χ1n) is 6.03. The summed E-state index contributed by atoms with van der Waals surface area (Å²) in [5.41, 5.74) is 21.1. The number of hydrogen-bond acceptors (Lipinski definition) is 4. The molecule has 4 heteroatoms. The Kier molecular flexibility index (Phi) is 18.7. The molecule has 0 rings (SSSR count). The highest BCUT2D eigenvalue weighted by Crippen LogP contribution is 2.00. The van der Waals surface area contributed by atoms with Gasteiger partial charge >= 0.3 is 0 Å². The number of nitrogens with two attached hydrogens (primary N) is 4. The molecule has 0 aromatic heterocycles. The molecule has 0 fully saturated rings. The molecule has 1 unspecified atom stereocenters. The highest BCUT2D eigenvalue weighted by Gasteiger charge is 1.95. The molecule has 0 aliphatic heterocycles. The van der Waals surface area contributed by atoms with Gasteiger partial charge in [0.15, 0.2) is 0 Å². The van der Waals surface area contributed by atoms with E-state index >= 15 is 0 Å². The summed E-state index contributed by atoms with van der Waals surface area (Å²) in [6.45, 7) is 5.35. The molecular weight excluding hydrogens is 188 g/mol. The van der Waals surface area contributed by atoms with Crippen molar-refractivity contribution in [3.8, 4) is 0 Å². The third kappa shape index (κ3) is 20.0. The molecule has 0 aromatic carbocycles. The average molecular weight is 218 g/mol. The van der Waals surface area contributed by atoms with Crippen molar-refractivity contribution in [2.24, 2.45) is 28.9 Å². The zero-order valence-corrected chi connectivity index (χ0v) is 10.3. The summed E-state index contributed by atoms with van der Waals surface area (Å²) in [4.78, 5) is 0. The Hall–Kier alpha value is -0.160. The summed E-state index contributed by atoms with van der Waals surface area (Å²) in [5.74, 6) is 0.651. The Morgan fingerprint density at radius 3 is 1.53 bits per heavy atom. The maximum absolute atomic E-state index is 5.37. The average Bonchev–Trinajstić information content (AvgIpc) is 2.27. The van der Waals surface area contributed by atoms with Crippen molar-refractivity contribution in [2.45, 2.75) is 39.0 Å². The second-order valence-electron chi connectivity index (χ2n) is 3.91. The van der Waals surface area contributed by atoms with E-state index < -0.39 is 0 Å². The van der Waals surface area contributed by atoms with Crippen LogP contribution in [0.25, 0.3) is 0 Å². The first-order valence-corrected chi connectivity index (χ1v) is 6.03. The lowest BCUT2D eigenvalue weighted by Crippen LogP contribution is -2.12. The molecule has 1 atom stereocenters. The van der Waals surface area contributed by atoms with Gasteiger partial charge in [-0.25, -0.2) is 0 Å². The van der Waals surface area contributed by atoms with Crippen LogP contribution in [0.4, 0.5) is 0 Å². The van der Waals surface area contributed by atoms with E-state index in [0.717, 1.165) is 45.4 Å². The Balaban J connectivity index is 0. The van der Waals surface area contributed by atoms with Gasteiger partial charge in [-0.15, -0.1) is 0 Å². The van der Waals surface area contributed by atoms with Crippen LogP contribution in [0.1, 0.15) is 39.0 Å². The molecule has 0 aliphatic rings. The minimum Gasteiger partial charge on any atom is -0.330 e. The van der Waals surface area contributed by atoms with Crippen LogP contribution in [0.5, 0.6) is 0 Å². The Labute approximate surface area is 94.8 Å². The van der Waals surface area contributed by atoms with Gasteiger partial charge in [-0.1, -0.05) is 13.3 Å². The fourth-order valence-electron chi connectivity index (χ4n) is 1.05. The predicted octanol–water partition coefficient (Wildman–Crippen LogP) is 0.394. The monoisotopic (exact) mass is 218 g/mol. The molecule has 0 heterocycles. The molecule has 0 saturated heterocycles. The van der Waals surface area contributed by atoms with Crippen LogP contribution in [0.15, 0.2) is 0 Å². The second-order valence-corrected chi connectivity index (χ2v) is 3.91. The van der Waals surface area contributed by atoms with Gasteiger partial charge in [0, 0.05) is 0 Å². The van der Waals surface area contributed by atoms with Crippen LogP contribution >= 0.6 is 0 Å². The van der Waals surface area contributed by atoms with E-state index in [-0.39, 0.29) is 0 Å². The van der Waals surface area contributed by atoms with E-state index in [1.807, 2.05) is 0 Å². The zero-order chi connectivity index (χ0) is 11.9. The van der Waals surface area contributed by atoms with E-state index in [4.69, 9.17) is 22.9 Å². The smallest absolute Gasteiger partial charge is 0.00515 e. The fourth-order valence-corrected chi connectivity index (χ4v) is 1.05. The number of unbranched alkanes of at least 4 members (excludes halogenated alkanes) is 2.